The number of hydrogen-bond donors (Lipinski definition) is 0. The maximum absolute atomic E-state index is 6.07. The number of aromatic nitrogens is 1. The number of aryl methyl sites for hydroxylation is 1. The van der Waals surface area contributed by atoms with Gasteiger partial charge >= 0.3 is 0 Å². The Hall–Kier alpha value is -1.54. The van der Waals surface area contributed by atoms with E-state index >= 15 is 0 Å². The zero-order valence-electron chi connectivity index (χ0n) is 11.0. The molecule has 98 valence electrons. The smallest absolute Gasteiger partial charge is 0.0644 e. The summed E-state index contributed by atoms with van der Waals surface area (Å²) < 4.78 is 0. The van der Waals surface area contributed by atoms with Gasteiger partial charge in [-0.1, -0.05) is 18.2 Å². The fourth-order valence-electron chi connectivity index (χ4n) is 2.80. The molecule has 0 bridgehead atoms. The summed E-state index contributed by atoms with van der Waals surface area (Å²) in [6.07, 6.45) is 6.04. The van der Waals surface area contributed by atoms with Gasteiger partial charge in [0.2, 0.25) is 0 Å². The molecule has 1 aromatic heterocycles. The van der Waals surface area contributed by atoms with Crippen molar-refractivity contribution in [1.82, 2.24) is 4.98 Å². The Morgan fingerprint density at radius 3 is 2.95 bits per heavy atom. The number of halogens is 1. The Balaban J connectivity index is 2.13. The lowest BCUT2D eigenvalue weighted by Crippen LogP contribution is -2.33. The molecule has 19 heavy (non-hydrogen) atoms. The van der Waals surface area contributed by atoms with Crippen LogP contribution in [0.4, 0.5) is 11.4 Å². The number of anilines is 2. The fraction of sp³-hybridized carbons (Fsp3) is 0.312. The van der Waals surface area contributed by atoms with Crippen molar-refractivity contribution in [3.63, 3.8) is 0 Å². The van der Waals surface area contributed by atoms with Gasteiger partial charge in [-0.15, -0.1) is 11.6 Å². The van der Waals surface area contributed by atoms with Crippen LogP contribution in [0, 0.1) is 0 Å². The van der Waals surface area contributed by atoms with E-state index in [-0.39, 0.29) is 0 Å². The summed E-state index contributed by atoms with van der Waals surface area (Å²) in [5, 5.41) is 0. The summed E-state index contributed by atoms with van der Waals surface area (Å²) in [4.78, 5) is 6.65. The molecule has 1 aliphatic rings. The van der Waals surface area contributed by atoms with Crippen molar-refractivity contribution in [2.75, 3.05) is 4.90 Å². The van der Waals surface area contributed by atoms with E-state index in [9.17, 15) is 0 Å². The van der Waals surface area contributed by atoms with Crippen LogP contribution in [-0.2, 0) is 12.3 Å². The lowest BCUT2D eigenvalue weighted by Gasteiger charge is -2.37. The molecule has 0 radical (unpaired) electrons. The standard InChI is InChI=1S/C16H17ClN2/c1-12-6-7-13-4-2-3-5-15(13)19(12)16-11-18-9-8-14(16)10-17/h2-5,8-9,11-12H,6-7,10H2,1H3. The molecule has 3 heteroatoms. The van der Waals surface area contributed by atoms with E-state index in [1.54, 1.807) is 0 Å². The molecule has 0 aliphatic carbocycles. The van der Waals surface area contributed by atoms with E-state index in [1.165, 1.54) is 11.3 Å². The Morgan fingerprint density at radius 1 is 1.26 bits per heavy atom. The summed E-state index contributed by atoms with van der Waals surface area (Å²) >= 11 is 6.07. The van der Waals surface area contributed by atoms with Gasteiger partial charge in [0.25, 0.3) is 0 Å². The number of nitrogens with zero attached hydrogens (tertiary/aromatic N) is 2. The third-order valence-electron chi connectivity index (χ3n) is 3.81. The molecule has 2 heterocycles. The second-order valence-electron chi connectivity index (χ2n) is 5.02. The molecule has 1 aliphatic heterocycles. The van der Waals surface area contributed by atoms with Crippen LogP contribution >= 0.6 is 11.6 Å². The van der Waals surface area contributed by atoms with Crippen molar-refractivity contribution in [3.05, 3.63) is 53.9 Å². The minimum atomic E-state index is 0.473. The normalized spacial score (nSPS) is 18.2. The van der Waals surface area contributed by atoms with E-state index in [0.717, 1.165) is 24.1 Å². The Bertz CT molecular complexity index is 582. The molecule has 0 saturated carbocycles. The molecule has 0 spiro atoms. The summed E-state index contributed by atoms with van der Waals surface area (Å²) in [6.45, 7) is 2.26. The molecule has 3 rings (SSSR count). The molecular formula is C16H17ClN2. The van der Waals surface area contributed by atoms with E-state index in [2.05, 4.69) is 41.1 Å². The first-order valence-electron chi connectivity index (χ1n) is 6.67. The van der Waals surface area contributed by atoms with Crippen molar-refractivity contribution in [2.45, 2.75) is 31.7 Å². The lowest BCUT2D eigenvalue weighted by atomic mass is 9.95. The lowest BCUT2D eigenvalue weighted by molar-refractivity contribution is 0.616. The largest absolute Gasteiger partial charge is 0.337 e. The van der Waals surface area contributed by atoms with Crippen LogP contribution in [0.25, 0.3) is 0 Å². The van der Waals surface area contributed by atoms with Crippen molar-refractivity contribution in [1.29, 1.82) is 0 Å². The van der Waals surface area contributed by atoms with Gasteiger partial charge in [0.05, 0.1) is 11.9 Å². The third-order valence-corrected chi connectivity index (χ3v) is 4.10. The molecule has 2 aromatic rings. The monoisotopic (exact) mass is 272 g/mol. The number of rotatable bonds is 2. The van der Waals surface area contributed by atoms with E-state index in [0.29, 0.717) is 11.9 Å². The molecule has 1 atom stereocenters. The molecule has 0 fully saturated rings. The summed E-state index contributed by atoms with van der Waals surface area (Å²) in [5.74, 6) is 0.517. The average Bonchev–Trinajstić information content (AvgIpc) is 2.47. The van der Waals surface area contributed by atoms with E-state index in [1.807, 2.05) is 18.5 Å². The number of hydrogen-bond acceptors (Lipinski definition) is 2. The third kappa shape index (κ3) is 2.21. The van der Waals surface area contributed by atoms with Gasteiger partial charge in [-0.3, -0.25) is 4.98 Å². The summed E-state index contributed by atoms with van der Waals surface area (Å²) in [6, 6.07) is 11.1. The number of fused-ring (bicyclic) bond motifs is 1. The van der Waals surface area contributed by atoms with Gasteiger partial charge in [-0.25, -0.2) is 0 Å². The number of pyridine rings is 1. The molecule has 0 amide bonds. The highest BCUT2D eigenvalue weighted by atomic mass is 35.5. The first kappa shape index (κ1) is 12.5. The van der Waals surface area contributed by atoms with Crippen LogP contribution in [0.3, 0.4) is 0 Å². The molecule has 0 N–H and O–H groups in total. The minimum Gasteiger partial charge on any atom is -0.337 e. The average molecular weight is 273 g/mol. The number of benzene rings is 1. The quantitative estimate of drug-likeness (QED) is 0.758. The minimum absolute atomic E-state index is 0.473. The van der Waals surface area contributed by atoms with Crippen LogP contribution in [0.15, 0.2) is 42.7 Å². The Labute approximate surface area is 119 Å². The Kier molecular flexibility index (Phi) is 3.43. The zero-order valence-corrected chi connectivity index (χ0v) is 11.8. The number of alkyl halides is 1. The van der Waals surface area contributed by atoms with Gasteiger partial charge in [0.15, 0.2) is 0 Å². The van der Waals surface area contributed by atoms with Crippen LogP contribution in [0.1, 0.15) is 24.5 Å². The zero-order chi connectivity index (χ0) is 13.2. The van der Waals surface area contributed by atoms with Crippen LogP contribution in [0.2, 0.25) is 0 Å². The van der Waals surface area contributed by atoms with E-state index in [4.69, 9.17) is 11.6 Å². The van der Waals surface area contributed by atoms with Crippen LogP contribution in [0.5, 0.6) is 0 Å². The van der Waals surface area contributed by atoms with E-state index < -0.39 is 0 Å². The fourth-order valence-corrected chi connectivity index (χ4v) is 3.03. The maximum Gasteiger partial charge on any atom is 0.0644 e. The summed E-state index contributed by atoms with van der Waals surface area (Å²) in [5.41, 5.74) is 4.97. The van der Waals surface area contributed by atoms with Gasteiger partial charge in [0.1, 0.15) is 0 Å². The molecular weight excluding hydrogens is 256 g/mol. The number of para-hydroxylation sites is 1. The SMILES string of the molecule is CC1CCc2ccccc2N1c1cnccc1CCl. The second-order valence-corrected chi connectivity index (χ2v) is 5.29. The van der Waals surface area contributed by atoms with Crippen molar-refractivity contribution in [2.24, 2.45) is 0 Å². The molecule has 1 aromatic carbocycles. The van der Waals surface area contributed by atoms with Gasteiger partial charge < -0.3 is 4.90 Å². The maximum atomic E-state index is 6.07. The first-order chi connectivity index (χ1) is 9.31. The predicted octanol–water partition coefficient (Wildman–Crippen LogP) is 4.29. The van der Waals surface area contributed by atoms with Crippen molar-refractivity contribution >= 4 is 23.0 Å². The van der Waals surface area contributed by atoms with Crippen LogP contribution < -0.4 is 4.90 Å². The highest BCUT2D eigenvalue weighted by Gasteiger charge is 2.25. The predicted molar refractivity (Wildman–Crippen MR) is 80.2 cm³/mol. The molecule has 1 unspecified atom stereocenters. The van der Waals surface area contributed by atoms with Crippen molar-refractivity contribution < 1.29 is 0 Å². The first-order valence-corrected chi connectivity index (χ1v) is 7.20. The van der Waals surface area contributed by atoms with Gasteiger partial charge in [0, 0.05) is 23.8 Å². The Morgan fingerprint density at radius 2 is 2.11 bits per heavy atom. The summed E-state index contributed by atoms with van der Waals surface area (Å²) in [7, 11) is 0. The molecule has 0 saturated heterocycles. The highest BCUT2D eigenvalue weighted by molar-refractivity contribution is 6.17. The molecule has 2 nitrogen and oxygen atoms in total. The second kappa shape index (κ2) is 5.22. The van der Waals surface area contributed by atoms with Crippen LogP contribution in [-0.4, -0.2) is 11.0 Å². The highest BCUT2D eigenvalue weighted by Crippen LogP contribution is 2.38. The van der Waals surface area contributed by atoms with Gasteiger partial charge in [-0.05, 0) is 43.0 Å². The topological polar surface area (TPSA) is 16.1 Å². The van der Waals surface area contributed by atoms with Gasteiger partial charge in [-0.2, -0.15) is 0 Å². The van der Waals surface area contributed by atoms with Crippen molar-refractivity contribution in [3.8, 4) is 0 Å².